The van der Waals surface area contributed by atoms with E-state index in [4.69, 9.17) is 4.74 Å². The summed E-state index contributed by atoms with van der Waals surface area (Å²) in [6.07, 6.45) is -0.163. The zero-order valence-corrected chi connectivity index (χ0v) is 18.7. The van der Waals surface area contributed by atoms with Gasteiger partial charge in [-0.1, -0.05) is 60.5 Å². The van der Waals surface area contributed by atoms with Crippen LogP contribution in [-0.2, 0) is 9.59 Å². The molecule has 0 fully saturated rings. The van der Waals surface area contributed by atoms with Crippen LogP contribution in [0.25, 0.3) is 0 Å². The summed E-state index contributed by atoms with van der Waals surface area (Å²) in [5.74, 6) is -0.984. The first-order valence-corrected chi connectivity index (χ1v) is 10.5. The third-order valence-corrected chi connectivity index (χ3v) is 5.10. The second-order valence-corrected chi connectivity index (χ2v) is 7.81. The summed E-state index contributed by atoms with van der Waals surface area (Å²) in [5.41, 5.74) is 5.21. The Labute approximate surface area is 184 Å². The first-order chi connectivity index (χ1) is 14.3. The number of carbonyl (C=O) groups excluding carboxylic acids is 3. The minimum atomic E-state index is -0.833. The quantitative estimate of drug-likeness (QED) is 0.510. The summed E-state index contributed by atoms with van der Waals surface area (Å²) in [5, 5.41) is 2.74. The smallest absolute Gasteiger partial charge is 0.279 e. The lowest BCUT2D eigenvalue weighted by atomic mass is 9.98. The van der Waals surface area contributed by atoms with Gasteiger partial charge in [0.25, 0.3) is 17.7 Å². The fourth-order valence-electron chi connectivity index (χ4n) is 2.62. The highest BCUT2D eigenvalue weighted by Crippen LogP contribution is 2.18. The van der Waals surface area contributed by atoms with Gasteiger partial charge < -0.3 is 10.1 Å². The van der Waals surface area contributed by atoms with E-state index in [1.54, 1.807) is 49.4 Å². The Morgan fingerprint density at radius 3 is 2.27 bits per heavy atom. The zero-order chi connectivity index (χ0) is 22.1. The van der Waals surface area contributed by atoms with Crippen molar-refractivity contribution < 1.29 is 19.1 Å². The van der Waals surface area contributed by atoms with Crippen LogP contribution in [0.5, 0.6) is 5.75 Å². The van der Waals surface area contributed by atoms with Gasteiger partial charge in [0.05, 0.1) is 0 Å². The van der Waals surface area contributed by atoms with Crippen LogP contribution in [-0.4, -0.2) is 29.9 Å². The molecule has 160 valence electrons. The molecule has 2 rings (SSSR count). The Bertz CT molecular complexity index is 876. The van der Waals surface area contributed by atoms with Crippen LogP contribution < -0.4 is 20.9 Å². The Morgan fingerprint density at radius 1 is 0.967 bits per heavy atom. The van der Waals surface area contributed by atoms with Crippen LogP contribution in [0.2, 0.25) is 0 Å². The number of hydrogen-bond donors (Lipinski definition) is 3. The minimum Gasteiger partial charge on any atom is -0.481 e. The fourth-order valence-corrected chi connectivity index (χ4v) is 2.99. The van der Waals surface area contributed by atoms with E-state index in [2.05, 4.69) is 32.1 Å². The highest BCUT2D eigenvalue weighted by Gasteiger charge is 2.27. The molecular weight excluding hydrogens is 450 g/mol. The summed E-state index contributed by atoms with van der Waals surface area (Å²) in [4.78, 5) is 37.4. The monoisotopic (exact) mass is 475 g/mol. The lowest BCUT2D eigenvalue weighted by molar-refractivity contribution is -0.133. The van der Waals surface area contributed by atoms with Gasteiger partial charge in [-0.15, -0.1) is 0 Å². The van der Waals surface area contributed by atoms with Gasteiger partial charge in [-0.2, -0.15) is 0 Å². The van der Waals surface area contributed by atoms with E-state index in [-0.39, 0.29) is 11.8 Å². The van der Waals surface area contributed by atoms with Gasteiger partial charge in [0.1, 0.15) is 11.8 Å². The summed E-state index contributed by atoms with van der Waals surface area (Å²) in [6.45, 7) is 5.36. The molecule has 2 aromatic carbocycles. The Balaban J connectivity index is 1.94. The van der Waals surface area contributed by atoms with Crippen molar-refractivity contribution in [2.75, 3.05) is 0 Å². The maximum atomic E-state index is 12.7. The maximum absolute atomic E-state index is 12.7. The van der Waals surface area contributed by atoms with E-state index in [0.29, 0.717) is 17.7 Å². The molecule has 0 aliphatic carbocycles. The van der Waals surface area contributed by atoms with Gasteiger partial charge in [-0.25, -0.2) is 0 Å². The van der Waals surface area contributed by atoms with E-state index >= 15 is 0 Å². The molecule has 0 aromatic heterocycles. The standard InChI is InChI=1S/C22H26BrN3O4/c1-4-14(2)19(24-21(28)16-9-6-5-7-10-16)22(29)26-25-20(27)15(3)30-18-12-8-11-17(23)13-18/h5-15,19H,4H2,1-3H3,(H,24,28)(H,25,27)(H,26,29)/t14-,15?,19-/m0/s1. The number of carbonyl (C=O) groups is 3. The predicted octanol–water partition coefficient (Wildman–Crippen LogP) is 3.21. The average Bonchev–Trinajstić information content (AvgIpc) is 2.75. The van der Waals surface area contributed by atoms with Crippen molar-refractivity contribution in [3.8, 4) is 5.75 Å². The number of halogens is 1. The molecule has 1 unspecified atom stereocenters. The van der Waals surface area contributed by atoms with E-state index in [9.17, 15) is 14.4 Å². The van der Waals surface area contributed by atoms with Crippen LogP contribution in [0.4, 0.5) is 0 Å². The fraction of sp³-hybridized carbons (Fsp3) is 0.318. The van der Waals surface area contributed by atoms with Crippen molar-refractivity contribution in [2.24, 2.45) is 5.92 Å². The molecule has 0 saturated carbocycles. The van der Waals surface area contributed by atoms with Crippen LogP contribution in [0, 0.1) is 5.92 Å². The summed E-state index contributed by atoms with van der Waals surface area (Å²) >= 11 is 3.34. The molecular formula is C22H26BrN3O4. The normalized spacial score (nSPS) is 13.5. The van der Waals surface area contributed by atoms with Crippen LogP contribution >= 0.6 is 15.9 Å². The lowest BCUT2D eigenvalue weighted by Gasteiger charge is -2.24. The van der Waals surface area contributed by atoms with E-state index < -0.39 is 24.0 Å². The van der Waals surface area contributed by atoms with Crippen LogP contribution in [0.1, 0.15) is 37.6 Å². The van der Waals surface area contributed by atoms with Gasteiger partial charge in [-0.3, -0.25) is 25.2 Å². The highest BCUT2D eigenvalue weighted by atomic mass is 79.9. The van der Waals surface area contributed by atoms with Crippen LogP contribution in [0.15, 0.2) is 59.1 Å². The molecule has 0 aliphatic rings. The Morgan fingerprint density at radius 2 is 1.63 bits per heavy atom. The third kappa shape index (κ3) is 6.88. The molecule has 8 heteroatoms. The lowest BCUT2D eigenvalue weighted by Crippen LogP contribution is -2.56. The average molecular weight is 476 g/mol. The van der Waals surface area contributed by atoms with Crippen molar-refractivity contribution in [1.82, 2.24) is 16.2 Å². The zero-order valence-electron chi connectivity index (χ0n) is 17.1. The molecule has 3 amide bonds. The number of hydrazine groups is 1. The molecule has 3 atom stereocenters. The first-order valence-electron chi connectivity index (χ1n) is 9.69. The number of amides is 3. The van der Waals surface area contributed by atoms with Gasteiger partial charge in [0.2, 0.25) is 0 Å². The summed E-state index contributed by atoms with van der Waals surface area (Å²) in [7, 11) is 0. The topological polar surface area (TPSA) is 96.5 Å². The van der Waals surface area contributed by atoms with Gasteiger partial charge >= 0.3 is 0 Å². The van der Waals surface area contributed by atoms with Crippen LogP contribution in [0.3, 0.4) is 0 Å². The molecule has 0 spiro atoms. The van der Waals surface area contributed by atoms with Gasteiger partial charge in [0, 0.05) is 10.0 Å². The maximum Gasteiger partial charge on any atom is 0.279 e. The second kappa shape index (κ2) is 11.3. The predicted molar refractivity (Wildman–Crippen MR) is 118 cm³/mol. The van der Waals surface area contributed by atoms with Gasteiger partial charge in [-0.05, 0) is 43.2 Å². The number of ether oxygens (including phenoxy) is 1. The van der Waals surface area contributed by atoms with E-state index in [1.807, 2.05) is 26.0 Å². The highest BCUT2D eigenvalue weighted by molar-refractivity contribution is 9.10. The largest absolute Gasteiger partial charge is 0.481 e. The number of hydrogen-bond acceptors (Lipinski definition) is 4. The summed E-state index contributed by atoms with van der Waals surface area (Å²) < 4.78 is 6.40. The SMILES string of the molecule is CC[C@H](C)[C@H](NC(=O)c1ccccc1)C(=O)NNC(=O)C(C)Oc1cccc(Br)c1. The number of nitrogens with one attached hydrogen (secondary N) is 3. The van der Waals surface area contributed by atoms with E-state index in [1.165, 1.54) is 0 Å². The van der Waals surface area contributed by atoms with Crippen molar-refractivity contribution in [1.29, 1.82) is 0 Å². The van der Waals surface area contributed by atoms with Gasteiger partial charge in [0.15, 0.2) is 6.10 Å². The second-order valence-electron chi connectivity index (χ2n) is 6.90. The molecule has 3 N–H and O–H groups in total. The van der Waals surface area contributed by atoms with Crippen molar-refractivity contribution >= 4 is 33.7 Å². The Hall–Kier alpha value is -2.87. The first kappa shape index (κ1) is 23.4. The van der Waals surface area contributed by atoms with Crippen molar-refractivity contribution in [3.05, 3.63) is 64.6 Å². The number of benzene rings is 2. The minimum absolute atomic E-state index is 0.134. The number of rotatable bonds is 8. The Kier molecular flexibility index (Phi) is 8.86. The molecule has 0 bridgehead atoms. The molecule has 0 aliphatic heterocycles. The molecule has 0 radical (unpaired) electrons. The molecule has 30 heavy (non-hydrogen) atoms. The summed E-state index contributed by atoms with van der Waals surface area (Å²) in [6, 6.07) is 14.9. The molecule has 7 nitrogen and oxygen atoms in total. The molecule has 0 heterocycles. The molecule has 0 saturated heterocycles. The van der Waals surface area contributed by atoms with Crippen molar-refractivity contribution in [3.63, 3.8) is 0 Å². The van der Waals surface area contributed by atoms with Crippen molar-refractivity contribution in [2.45, 2.75) is 39.3 Å². The van der Waals surface area contributed by atoms with E-state index in [0.717, 1.165) is 4.47 Å². The third-order valence-electron chi connectivity index (χ3n) is 4.61. The molecule has 2 aromatic rings.